The standard InChI is InChI=1S/C16H25N/c1-2-3-14-17-15-10-5-4-7-11-16-12-8-6-9-13-16/h5-6,8-10,12-13,17H,2-4,7,11,14-15H2,1H3/b10-5+. The second-order valence-corrected chi connectivity index (χ2v) is 4.41. The molecule has 17 heavy (non-hydrogen) atoms. The highest BCUT2D eigenvalue weighted by molar-refractivity contribution is 5.14. The maximum absolute atomic E-state index is 3.41. The van der Waals surface area contributed by atoms with Gasteiger partial charge in [0.1, 0.15) is 0 Å². The molecular formula is C16H25N. The monoisotopic (exact) mass is 231 g/mol. The zero-order chi connectivity index (χ0) is 12.2. The number of allylic oxidation sites excluding steroid dienone is 1. The summed E-state index contributed by atoms with van der Waals surface area (Å²) in [6.45, 7) is 4.39. The number of benzene rings is 1. The molecule has 1 rings (SSSR count). The second kappa shape index (κ2) is 10.1. The Labute approximate surface area is 106 Å². The highest BCUT2D eigenvalue weighted by Crippen LogP contribution is 2.04. The van der Waals surface area contributed by atoms with Gasteiger partial charge >= 0.3 is 0 Å². The Kier molecular flexibility index (Phi) is 8.31. The fourth-order valence-electron chi connectivity index (χ4n) is 1.76. The van der Waals surface area contributed by atoms with Gasteiger partial charge in [0.05, 0.1) is 0 Å². The summed E-state index contributed by atoms with van der Waals surface area (Å²) in [6.07, 6.45) is 10.7. The van der Waals surface area contributed by atoms with Crippen LogP contribution in [0, 0.1) is 0 Å². The molecule has 0 aliphatic carbocycles. The molecule has 0 heterocycles. The van der Waals surface area contributed by atoms with Gasteiger partial charge in [0.15, 0.2) is 0 Å². The molecule has 1 heteroatoms. The molecule has 0 bridgehead atoms. The predicted molar refractivity (Wildman–Crippen MR) is 76.3 cm³/mol. The predicted octanol–water partition coefficient (Wildman–Crippen LogP) is 3.96. The van der Waals surface area contributed by atoms with Gasteiger partial charge in [-0.2, -0.15) is 0 Å². The average molecular weight is 231 g/mol. The number of aryl methyl sites for hydroxylation is 1. The first-order valence-corrected chi connectivity index (χ1v) is 6.83. The van der Waals surface area contributed by atoms with Crippen LogP contribution in [0.1, 0.15) is 38.2 Å². The Hall–Kier alpha value is -1.08. The van der Waals surface area contributed by atoms with Crippen molar-refractivity contribution in [3.63, 3.8) is 0 Å². The van der Waals surface area contributed by atoms with E-state index in [1.807, 2.05) is 0 Å². The Morgan fingerprint density at radius 1 is 1.06 bits per heavy atom. The highest BCUT2D eigenvalue weighted by Gasteiger charge is 1.89. The van der Waals surface area contributed by atoms with Crippen LogP contribution in [0.3, 0.4) is 0 Å². The summed E-state index contributed by atoms with van der Waals surface area (Å²) in [6, 6.07) is 10.7. The second-order valence-electron chi connectivity index (χ2n) is 4.41. The molecule has 1 aromatic rings. The normalized spacial score (nSPS) is 11.1. The Bertz CT molecular complexity index is 290. The molecule has 0 spiro atoms. The van der Waals surface area contributed by atoms with Crippen molar-refractivity contribution in [3.05, 3.63) is 48.0 Å². The van der Waals surface area contributed by atoms with E-state index in [4.69, 9.17) is 0 Å². The molecule has 94 valence electrons. The third-order valence-corrected chi connectivity index (χ3v) is 2.82. The lowest BCUT2D eigenvalue weighted by Crippen LogP contribution is -2.14. The molecule has 1 N–H and O–H groups in total. The average Bonchev–Trinajstić information content (AvgIpc) is 2.38. The van der Waals surface area contributed by atoms with Crippen LogP contribution in [-0.2, 0) is 6.42 Å². The molecule has 1 nitrogen and oxygen atoms in total. The first-order valence-electron chi connectivity index (χ1n) is 6.83. The topological polar surface area (TPSA) is 12.0 Å². The van der Waals surface area contributed by atoms with Crippen LogP contribution in [-0.4, -0.2) is 13.1 Å². The molecule has 0 saturated carbocycles. The number of rotatable bonds is 9. The van der Waals surface area contributed by atoms with Crippen molar-refractivity contribution in [2.24, 2.45) is 0 Å². The summed E-state index contributed by atoms with van der Waals surface area (Å²) in [5.74, 6) is 0. The van der Waals surface area contributed by atoms with Crippen LogP contribution < -0.4 is 5.32 Å². The summed E-state index contributed by atoms with van der Waals surface area (Å²) in [5.41, 5.74) is 1.45. The summed E-state index contributed by atoms with van der Waals surface area (Å²) in [7, 11) is 0. The largest absolute Gasteiger partial charge is 0.313 e. The van der Waals surface area contributed by atoms with Gasteiger partial charge in [-0.15, -0.1) is 0 Å². The lowest BCUT2D eigenvalue weighted by Gasteiger charge is -1.99. The number of unbranched alkanes of at least 4 members (excludes halogenated alkanes) is 2. The maximum atomic E-state index is 3.41. The summed E-state index contributed by atoms with van der Waals surface area (Å²) in [5, 5.41) is 3.41. The minimum Gasteiger partial charge on any atom is -0.313 e. The lowest BCUT2D eigenvalue weighted by atomic mass is 10.1. The van der Waals surface area contributed by atoms with Crippen molar-refractivity contribution in [1.29, 1.82) is 0 Å². The number of hydrogen-bond donors (Lipinski definition) is 1. The third kappa shape index (κ3) is 7.76. The van der Waals surface area contributed by atoms with Crippen LogP contribution in [0.5, 0.6) is 0 Å². The van der Waals surface area contributed by atoms with Gasteiger partial charge in [-0.1, -0.05) is 55.8 Å². The molecule has 0 atom stereocenters. The summed E-state index contributed by atoms with van der Waals surface area (Å²) < 4.78 is 0. The molecule has 0 amide bonds. The highest BCUT2D eigenvalue weighted by atomic mass is 14.8. The SMILES string of the molecule is CCCCNC/C=C/CCCc1ccccc1. The van der Waals surface area contributed by atoms with E-state index in [0.717, 1.165) is 13.1 Å². The molecule has 0 saturated heterocycles. The quantitative estimate of drug-likeness (QED) is 0.501. The van der Waals surface area contributed by atoms with Crippen LogP contribution in [0.4, 0.5) is 0 Å². The molecule has 0 unspecified atom stereocenters. The molecule has 0 aliphatic rings. The fourth-order valence-corrected chi connectivity index (χ4v) is 1.76. The van der Waals surface area contributed by atoms with Crippen molar-refractivity contribution < 1.29 is 0 Å². The van der Waals surface area contributed by atoms with Crippen molar-refractivity contribution in [2.45, 2.75) is 39.0 Å². The molecule has 1 aromatic carbocycles. The van der Waals surface area contributed by atoms with Gasteiger partial charge in [0, 0.05) is 6.54 Å². The van der Waals surface area contributed by atoms with Gasteiger partial charge in [0.2, 0.25) is 0 Å². The van der Waals surface area contributed by atoms with Gasteiger partial charge in [0.25, 0.3) is 0 Å². The maximum Gasteiger partial charge on any atom is 0.0134 e. The van der Waals surface area contributed by atoms with Gasteiger partial charge < -0.3 is 5.32 Å². The van der Waals surface area contributed by atoms with Crippen LogP contribution >= 0.6 is 0 Å². The molecule has 0 aliphatic heterocycles. The van der Waals surface area contributed by atoms with Gasteiger partial charge in [-0.3, -0.25) is 0 Å². The zero-order valence-corrected chi connectivity index (χ0v) is 11.0. The lowest BCUT2D eigenvalue weighted by molar-refractivity contribution is 0.680. The van der Waals surface area contributed by atoms with E-state index in [1.165, 1.54) is 37.7 Å². The third-order valence-electron chi connectivity index (χ3n) is 2.82. The van der Waals surface area contributed by atoms with Crippen molar-refractivity contribution in [2.75, 3.05) is 13.1 Å². The Balaban J connectivity index is 1.95. The van der Waals surface area contributed by atoms with Crippen LogP contribution in [0.15, 0.2) is 42.5 Å². The zero-order valence-electron chi connectivity index (χ0n) is 11.0. The first kappa shape index (κ1) is 14.0. The van der Waals surface area contributed by atoms with E-state index in [9.17, 15) is 0 Å². The van der Waals surface area contributed by atoms with E-state index < -0.39 is 0 Å². The van der Waals surface area contributed by atoms with Crippen LogP contribution in [0.2, 0.25) is 0 Å². The Morgan fingerprint density at radius 2 is 1.88 bits per heavy atom. The summed E-state index contributed by atoms with van der Waals surface area (Å²) in [4.78, 5) is 0. The van der Waals surface area contributed by atoms with Gasteiger partial charge in [-0.25, -0.2) is 0 Å². The van der Waals surface area contributed by atoms with Crippen molar-refractivity contribution in [3.8, 4) is 0 Å². The Morgan fingerprint density at radius 3 is 2.65 bits per heavy atom. The summed E-state index contributed by atoms with van der Waals surface area (Å²) >= 11 is 0. The van der Waals surface area contributed by atoms with E-state index in [0.29, 0.717) is 0 Å². The number of nitrogens with one attached hydrogen (secondary N) is 1. The minimum atomic E-state index is 1.02. The van der Waals surface area contributed by atoms with Crippen molar-refractivity contribution in [1.82, 2.24) is 5.32 Å². The fraction of sp³-hybridized carbons (Fsp3) is 0.500. The van der Waals surface area contributed by atoms with Gasteiger partial charge in [-0.05, 0) is 37.8 Å². The van der Waals surface area contributed by atoms with Crippen molar-refractivity contribution >= 4 is 0 Å². The molecule has 0 fully saturated rings. The van der Waals surface area contributed by atoms with E-state index in [-0.39, 0.29) is 0 Å². The number of hydrogen-bond acceptors (Lipinski definition) is 1. The molecular weight excluding hydrogens is 206 g/mol. The minimum absolute atomic E-state index is 1.02. The first-order chi connectivity index (χ1) is 8.43. The molecule has 0 radical (unpaired) electrons. The van der Waals surface area contributed by atoms with E-state index in [1.54, 1.807) is 0 Å². The smallest absolute Gasteiger partial charge is 0.0134 e. The molecule has 0 aromatic heterocycles. The van der Waals surface area contributed by atoms with E-state index >= 15 is 0 Å². The van der Waals surface area contributed by atoms with Crippen LogP contribution in [0.25, 0.3) is 0 Å². The van der Waals surface area contributed by atoms with E-state index in [2.05, 4.69) is 54.7 Å².